The summed E-state index contributed by atoms with van der Waals surface area (Å²) in [7, 11) is 0. The fourth-order valence-corrected chi connectivity index (χ4v) is 3.61. The molecule has 2 aliphatic rings. The van der Waals surface area contributed by atoms with Crippen LogP contribution >= 0.6 is 11.6 Å². The highest BCUT2D eigenvalue weighted by Crippen LogP contribution is 2.44. The first kappa shape index (κ1) is 18.3. The highest BCUT2D eigenvalue weighted by Gasteiger charge is 2.44. The van der Waals surface area contributed by atoms with E-state index in [9.17, 15) is 9.18 Å². The maximum atomic E-state index is 14.2. The number of nitrogens with zero attached hydrogens (tertiary/aromatic N) is 1. The van der Waals surface area contributed by atoms with E-state index in [1.165, 1.54) is 6.07 Å². The number of halogens is 2. The molecule has 0 saturated carbocycles. The Kier molecular flexibility index (Phi) is 4.86. The molecule has 2 aliphatic heterocycles. The molecule has 1 aromatic carbocycles. The number of anilines is 2. The predicted molar refractivity (Wildman–Crippen MR) is 96.0 cm³/mol. The zero-order valence-electron chi connectivity index (χ0n) is 14.8. The standard InChI is InChI=1S/C18H24ClFN2O3/c1-17(2,3)25-16(23)21-14-9-15(12(19)8-13(14)20)22-10-18(11-22)4-6-24-7-5-18/h8-9H,4-7,10-11H2,1-3H3,(H,21,23). The first-order valence-electron chi connectivity index (χ1n) is 8.49. The second-order valence-electron chi connectivity index (χ2n) is 7.88. The monoisotopic (exact) mass is 370 g/mol. The molecule has 0 bridgehead atoms. The topological polar surface area (TPSA) is 50.8 Å². The maximum Gasteiger partial charge on any atom is 0.412 e. The molecule has 25 heavy (non-hydrogen) atoms. The van der Waals surface area contributed by atoms with Gasteiger partial charge in [0.15, 0.2) is 0 Å². The SMILES string of the molecule is CC(C)(C)OC(=O)Nc1cc(N2CC3(CCOCC3)C2)c(Cl)cc1F. The molecule has 0 aliphatic carbocycles. The van der Waals surface area contributed by atoms with Gasteiger partial charge in [0.2, 0.25) is 0 Å². The minimum Gasteiger partial charge on any atom is -0.444 e. The van der Waals surface area contributed by atoms with Crippen LogP contribution in [-0.2, 0) is 9.47 Å². The number of hydrogen-bond acceptors (Lipinski definition) is 4. The van der Waals surface area contributed by atoms with Gasteiger partial charge < -0.3 is 14.4 Å². The molecule has 0 radical (unpaired) electrons. The highest BCUT2D eigenvalue weighted by molar-refractivity contribution is 6.33. The molecule has 1 spiro atoms. The Balaban J connectivity index is 1.72. The molecule has 2 fully saturated rings. The molecule has 0 unspecified atom stereocenters. The Morgan fingerprint density at radius 1 is 1.32 bits per heavy atom. The lowest BCUT2D eigenvalue weighted by Gasteiger charge is -2.53. The van der Waals surface area contributed by atoms with Crippen LogP contribution in [0.15, 0.2) is 12.1 Å². The Morgan fingerprint density at radius 2 is 1.96 bits per heavy atom. The molecule has 3 rings (SSSR count). The van der Waals surface area contributed by atoms with Gasteiger partial charge in [-0.15, -0.1) is 0 Å². The van der Waals surface area contributed by atoms with Crippen molar-refractivity contribution in [2.75, 3.05) is 36.5 Å². The summed E-state index contributed by atoms with van der Waals surface area (Å²) in [5.41, 5.74) is 0.421. The summed E-state index contributed by atoms with van der Waals surface area (Å²) in [6.07, 6.45) is 1.38. The lowest BCUT2D eigenvalue weighted by molar-refractivity contribution is -0.000189. The number of nitrogens with one attached hydrogen (secondary N) is 1. The van der Waals surface area contributed by atoms with Crippen LogP contribution in [0.3, 0.4) is 0 Å². The van der Waals surface area contributed by atoms with Crippen LogP contribution in [0.2, 0.25) is 5.02 Å². The van der Waals surface area contributed by atoms with Crippen molar-refractivity contribution >= 4 is 29.1 Å². The molecule has 0 atom stereocenters. The summed E-state index contributed by atoms with van der Waals surface area (Å²) in [4.78, 5) is 14.0. The van der Waals surface area contributed by atoms with Crippen molar-refractivity contribution in [2.45, 2.75) is 39.2 Å². The van der Waals surface area contributed by atoms with E-state index in [4.69, 9.17) is 21.1 Å². The zero-order chi connectivity index (χ0) is 18.2. The van der Waals surface area contributed by atoms with E-state index < -0.39 is 17.5 Å². The Bertz CT molecular complexity index is 661. The Hall–Kier alpha value is -1.53. The molecule has 1 aromatic rings. The number of carbonyl (C=O) groups is 1. The van der Waals surface area contributed by atoms with Gasteiger partial charge in [0.25, 0.3) is 0 Å². The van der Waals surface area contributed by atoms with Gasteiger partial charge in [-0.25, -0.2) is 9.18 Å². The van der Waals surface area contributed by atoms with E-state index in [0.717, 1.165) is 44.8 Å². The van der Waals surface area contributed by atoms with E-state index in [2.05, 4.69) is 10.2 Å². The van der Waals surface area contributed by atoms with E-state index in [-0.39, 0.29) is 11.1 Å². The zero-order valence-corrected chi connectivity index (χ0v) is 15.6. The molecule has 2 heterocycles. The third-order valence-corrected chi connectivity index (χ3v) is 4.92. The molecular weight excluding hydrogens is 347 g/mol. The second kappa shape index (κ2) is 6.65. The summed E-state index contributed by atoms with van der Waals surface area (Å²) >= 11 is 6.23. The normalized spacial score (nSPS) is 19.5. The van der Waals surface area contributed by atoms with Crippen LogP contribution in [0.1, 0.15) is 33.6 Å². The predicted octanol–water partition coefficient (Wildman–Crippen LogP) is 4.44. The van der Waals surface area contributed by atoms with Crippen LogP contribution in [-0.4, -0.2) is 38.0 Å². The number of rotatable bonds is 2. The van der Waals surface area contributed by atoms with Gasteiger partial charge in [0.1, 0.15) is 11.4 Å². The Labute approximate surface area is 152 Å². The third kappa shape index (κ3) is 4.18. The quantitative estimate of drug-likeness (QED) is 0.836. The van der Waals surface area contributed by atoms with Gasteiger partial charge in [-0.3, -0.25) is 5.32 Å². The van der Waals surface area contributed by atoms with Gasteiger partial charge in [0.05, 0.1) is 16.4 Å². The summed E-state index contributed by atoms with van der Waals surface area (Å²) in [6, 6.07) is 2.81. The third-order valence-electron chi connectivity index (χ3n) is 4.62. The smallest absolute Gasteiger partial charge is 0.412 e. The largest absolute Gasteiger partial charge is 0.444 e. The van der Waals surface area contributed by atoms with Crippen molar-refractivity contribution < 1.29 is 18.7 Å². The van der Waals surface area contributed by atoms with E-state index in [1.54, 1.807) is 26.8 Å². The fourth-order valence-electron chi connectivity index (χ4n) is 3.34. The number of ether oxygens (including phenoxy) is 2. The van der Waals surface area contributed by atoms with Crippen molar-refractivity contribution in [3.63, 3.8) is 0 Å². The maximum absolute atomic E-state index is 14.2. The van der Waals surface area contributed by atoms with Crippen molar-refractivity contribution in [2.24, 2.45) is 5.41 Å². The first-order chi connectivity index (χ1) is 11.7. The van der Waals surface area contributed by atoms with Crippen molar-refractivity contribution in [3.8, 4) is 0 Å². The van der Waals surface area contributed by atoms with E-state index >= 15 is 0 Å². The minimum absolute atomic E-state index is 0.0709. The molecule has 2 saturated heterocycles. The second-order valence-corrected chi connectivity index (χ2v) is 8.29. The average molecular weight is 371 g/mol. The first-order valence-corrected chi connectivity index (χ1v) is 8.87. The van der Waals surface area contributed by atoms with Crippen LogP contribution in [0.5, 0.6) is 0 Å². The molecule has 7 heteroatoms. The van der Waals surface area contributed by atoms with Crippen molar-refractivity contribution in [3.05, 3.63) is 23.0 Å². The lowest BCUT2D eigenvalue weighted by atomic mass is 9.73. The van der Waals surface area contributed by atoms with E-state index in [0.29, 0.717) is 5.02 Å². The lowest BCUT2D eigenvalue weighted by Crippen LogP contribution is -2.58. The summed E-state index contributed by atoms with van der Waals surface area (Å²) in [5.74, 6) is -0.582. The Morgan fingerprint density at radius 3 is 2.56 bits per heavy atom. The van der Waals surface area contributed by atoms with Gasteiger partial charge in [0, 0.05) is 31.7 Å². The minimum atomic E-state index is -0.691. The molecule has 138 valence electrons. The van der Waals surface area contributed by atoms with Crippen LogP contribution in [0.25, 0.3) is 0 Å². The molecule has 1 N–H and O–H groups in total. The van der Waals surface area contributed by atoms with Gasteiger partial charge in [-0.1, -0.05) is 11.6 Å². The van der Waals surface area contributed by atoms with Gasteiger partial charge >= 0.3 is 6.09 Å². The molecule has 1 amide bonds. The van der Waals surface area contributed by atoms with Crippen molar-refractivity contribution in [1.29, 1.82) is 0 Å². The average Bonchev–Trinajstić information content (AvgIpc) is 2.47. The number of amides is 1. The van der Waals surface area contributed by atoms with Crippen LogP contribution < -0.4 is 10.2 Å². The number of hydrogen-bond donors (Lipinski definition) is 1. The molecular formula is C18H24ClFN2O3. The summed E-state index contributed by atoms with van der Waals surface area (Å²) < 4.78 is 24.8. The van der Waals surface area contributed by atoms with Gasteiger partial charge in [-0.05, 0) is 45.7 Å². The molecule has 5 nitrogen and oxygen atoms in total. The van der Waals surface area contributed by atoms with Crippen LogP contribution in [0.4, 0.5) is 20.6 Å². The molecule has 0 aromatic heterocycles. The van der Waals surface area contributed by atoms with Gasteiger partial charge in [-0.2, -0.15) is 0 Å². The van der Waals surface area contributed by atoms with Crippen molar-refractivity contribution in [1.82, 2.24) is 0 Å². The van der Waals surface area contributed by atoms with E-state index in [1.807, 2.05) is 0 Å². The number of carbonyl (C=O) groups excluding carboxylic acids is 1. The summed E-state index contributed by atoms with van der Waals surface area (Å²) in [5, 5.41) is 2.81. The summed E-state index contributed by atoms with van der Waals surface area (Å²) in [6.45, 7) is 8.57. The highest BCUT2D eigenvalue weighted by atomic mass is 35.5. The fraction of sp³-hybridized carbons (Fsp3) is 0.611. The van der Waals surface area contributed by atoms with Crippen LogP contribution in [0, 0.1) is 11.2 Å². The number of benzene rings is 1.